The van der Waals surface area contributed by atoms with Crippen LogP contribution in [0.25, 0.3) is 10.2 Å². The number of piperidine rings is 1. The van der Waals surface area contributed by atoms with E-state index in [0.717, 1.165) is 21.3 Å². The number of ketones is 1. The Morgan fingerprint density at radius 3 is 2.38 bits per heavy atom. The Bertz CT molecular complexity index is 1680. The molecule has 1 N–H and O–H groups in total. The summed E-state index contributed by atoms with van der Waals surface area (Å²) in [6.07, 6.45) is 1.17. The number of benzene rings is 2. The van der Waals surface area contributed by atoms with Gasteiger partial charge in [-0.25, -0.2) is 13.4 Å². The SMILES string of the molecule is CC(=O)c1ccc(S(=O)(=O)N2CCC(Nc3nc(Oc4c(C)cc(C#N)cc4C)c4sccc4n3)CC2)cc1. The lowest BCUT2D eigenvalue weighted by Gasteiger charge is -2.31. The van der Waals surface area contributed by atoms with Crippen LogP contribution in [0.1, 0.15) is 46.8 Å². The van der Waals surface area contributed by atoms with Gasteiger partial charge in [-0.1, -0.05) is 12.1 Å². The van der Waals surface area contributed by atoms with Crippen molar-refractivity contribution in [3.63, 3.8) is 0 Å². The first-order valence-electron chi connectivity index (χ1n) is 12.5. The molecule has 1 aliphatic heterocycles. The highest BCUT2D eigenvalue weighted by Gasteiger charge is 2.30. The standard InChI is InChI=1S/C28H27N5O4S2/c1-17-14-20(16-29)15-18(2)25(17)37-27-26-24(10-13-38-26)31-28(32-27)30-22-8-11-33(12-9-22)39(35,36)23-6-4-21(5-7-23)19(3)34/h4-7,10,13-15,22H,8-9,11-12H2,1-3H3,(H,30,31,32). The van der Waals surface area contributed by atoms with Gasteiger partial charge in [-0.2, -0.15) is 14.6 Å². The van der Waals surface area contributed by atoms with E-state index in [4.69, 9.17) is 4.74 Å². The molecule has 1 saturated heterocycles. The van der Waals surface area contributed by atoms with Crippen molar-refractivity contribution in [3.8, 4) is 17.7 Å². The maximum atomic E-state index is 13.1. The number of anilines is 1. The fourth-order valence-corrected chi connectivity index (χ4v) is 6.90. The summed E-state index contributed by atoms with van der Waals surface area (Å²) in [6, 6.07) is 13.7. The molecule has 0 saturated carbocycles. The number of thiophene rings is 1. The molecular weight excluding hydrogens is 534 g/mol. The number of Topliss-reactive ketones (excluding diaryl/α,β-unsaturated/α-hetero) is 1. The van der Waals surface area contributed by atoms with Crippen molar-refractivity contribution >= 4 is 43.3 Å². The highest BCUT2D eigenvalue weighted by atomic mass is 32.2. The van der Waals surface area contributed by atoms with E-state index in [1.807, 2.05) is 25.3 Å². The Kier molecular flexibility index (Phi) is 7.36. The fraction of sp³-hybridized carbons (Fsp3) is 0.286. The van der Waals surface area contributed by atoms with Crippen molar-refractivity contribution in [1.82, 2.24) is 14.3 Å². The van der Waals surface area contributed by atoms with Gasteiger partial charge in [-0.15, -0.1) is 11.3 Å². The summed E-state index contributed by atoms with van der Waals surface area (Å²) in [4.78, 5) is 21.0. The molecule has 2 aromatic carbocycles. The van der Waals surface area contributed by atoms with Crippen LogP contribution in [-0.2, 0) is 10.0 Å². The van der Waals surface area contributed by atoms with Gasteiger partial charge in [0.05, 0.1) is 22.0 Å². The molecule has 0 aliphatic carbocycles. The quantitative estimate of drug-likeness (QED) is 0.296. The number of aromatic nitrogens is 2. The second kappa shape index (κ2) is 10.7. The van der Waals surface area contributed by atoms with Gasteiger partial charge in [-0.3, -0.25) is 4.79 Å². The van der Waals surface area contributed by atoms with Crippen LogP contribution in [0.15, 0.2) is 52.7 Å². The molecule has 0 radical (unpaired) electrons. The average Bonchev–Trinajstić information content (AvgIpc) is 3.40. The van der Waals surface area contributed by atoms with Gasteiger partial charge in [0.2, 0.25) is 21.9 Å². The van der Waals surface area contributed by atoms with Crippen LogP contribution in [0.5, 0.6) is 11.6 Å². The van der Waals surface area contributed by atoms with Crippen LogP contribution in [0, 0.1) is 25.2 Å². The van der Waals surface area contributed by atoms with E-state index in [1.165, 1.54) is 34.7 Å². The number of ether oxygens (including phenoxy) is 1. The maximum Gasteiger partial charge on any atom is 0.243 e. The van der Waals surface area contributed by atoms with Gasteiger partial charge in [0, 0.05) is 24.7 Å². The lowest BCUT2D eigenvalue weighted by atomic mass is 10.1. The first kappa shape index (κ1) is 26.7. The predicted octanol–water partition coefficient (Wildman–Crippen LogP) is 5.44. The van der Waals surface area contributed by atoms with Crippen molar-refractivity contribution in [2.24, 2.45) is 0 Å². The summed E-state index contributed by atoms with van der Waals surface area (Å²) in [5, 5.41) is 14.6. The number of aryl methyl sites for hydroxylation is 2. The third-order valence-electron chi connectivity index (χ3n) is 6.75. The minimum Gasteiger partial charge on any atom is -0.437 e. The number of nitriles is 1. The molecule has 1 aliphatic rings. The van der Waals surface area contributed by atoms with E-state index < -0.39 is 10.0 Å². The number of carbonyl (C=O) groups is 1. The van der Waals surface area contributed by atoms with E-state index in [-0.39, 0.29) is 16.7 Å². The lowest BCUT2D eigenvalue weighted by molar-refractivity contribution is 0.101. The highest BCUT2D eigenvalue weighted by molar-refractivity contribution is 7.89. The normalized spacial score (nSPS) is 14.7. The summed E-state index contributed by atoms with van der Waals surface area (Å²) < 4.78 is 34.8. The third-order valence-corrected chi connectivity index (χ3v) is 9.55. The van der Waals surface area contributed by atoms with Crippen molar-refractivity contribution in [1.29, 1.82) is 5.26 Å². The van der Waals surface area contributed by atoms with Crippen LogP contribution >= 0.6 is 11.3 Å². The Morgan fingerprint density at radius 2 is 1.77 bits per heavy atom. The highest BCUT2D eigenvalue weighted by Crippen LogP contribution is 2.36. The molecular formula is C28H27N5O4S2. The first-order chi connectivity index (χ1) is 18.7. The number of sulfonamides is 1. The maximum absolute atomic E-state index is 13.1. The Hall–Kier alpha value is -3.85. The Morgan fingerprint density at radius 1 is 1.10 bits per heavy atom. The van der Waals surface area contributed by atoms with Crippen LogP contribution in [0.2, 0.25) is 0 Å². The second-order valence-corrected chi connectivity index (χ2v) is 12.4. The van der Waals surface area contributed by atoms with Crippen molar-refractivity contribution in [3.05, 3.63) is 70.1 Å². The smallest absolute Gasteiger partial charge is 0.243 e. The monoisotopic (exact) mass is 561 g/mol. The molecule has 0 bridgehead atoms. The van der Waals surface area contributed by atoms with Gasteiger partial charge in [0.25, 0.3) is 0 Å². The van der Waals surface area contributed by atoms with Gasteiger partial charge in [-0.05, 0) is 80.5 Å². The van der Waals surface area contributed by atoms with Gasteiger partial charge in [0.1, 0.15) is 10.4 Å². The second-order valence-electron chi connectivity index (χ2n) is 9.54. The topological polar surface area (TPSA) is 125 Å². The summed E-state index contributed by atoms with van der Waals surface area (Å²) in [5.74, 6) is 1.40. The number of hydrogen-bond acceptors (Lipinski definition) is 9. The lowest BCUT2D eigenvalue weighted by Crippen LogP contribution is -2.42. The minimum absolute atomic E-state index is 0.0149. The Labute approximate surface area is 231 Å². The van der Waals surface area contributed by atoms with Crippen LogP contribution in [0.4, 0.5) is 5.95 Å². The van der Waals surface area contributed by atoms with Crippen LogP contribution in [0.3, 0.4) is 0 Å². The third kappa shape index (κ3) is 5.49. The number of hydrogen-bond donors (Lipinski definition) is 1. The molecule has 0 atom stereocenters. The summed E-state index contributed by atoms with van der Waals surface area (Å²) in [7, 11) is -3.65. The molecule has 0 spiro atoms. The van der Waals surface area contributed by atoms with Gasteiger partial charge >= 0.3 is 0 Å². The molecule has 4 aromatic rings. The van der Waals surface area contributed by atoms with Crippen LogP contribution in [-0.4, -0.2) is 47.6 Å². The summed E-state index contributed by atoms with van der Waals surface area (Å²) in [6.45, 7) is 5.94. The molecule has 1 fully saturated rings. The molecule has 3 heterocycles. The molecule has 0 unspecified atom stereocenters. The largest absolute Gasteiger partial charge is 0.437 e. The van der Waals surface area contributed by atoms with E-state index in [9.17, 15) is 18.5 Å². The van der Waals surface area contributed by atoms with E-state index >= 15 is 0 Å². The predicted molar refractivity (Wildman–Crippen MR) is 150 cm³/mol. The van der Waals surface area contributed by atoms with Gasteiger partial charge in [0.15, 0.2) is 5.78 Å². The molecule has 0 amide bonds. The zero-order valence-corrected chi connectivity index (χ0v) is 23.4. The average molecular weight is 562 g/mol. The minimum atomic E-state index is -3.65. The Balaban J connectivity index is 1.31. The zero-order valence-electron chi connectivity index (χ0n) is 21.8. The zero-order chi connectivity index (χ0) is 27.7. The van der Waals surface area contributed by atoms with Crippen molar-refractivity contribution in [2.75, 3.05) is 18.4 Å². The first-order valence-corrected chi connectivity index (χ1v) is 14.8. The van der Waals surface area contributed by atoms with E-state index in [1.54, 1.807) is 24.3 Å². The van der Waals surface area contributed by atoms with Crippen molar-refractivity contribution < 1.29 is 17.9 Å². The number of rotatable bonds is 7. The van der Waals surface area contributed by atoms with E-state index in [2.05, 4.69) is 21.4 Å². The van der Waals surface area contributed by atoms with Crippen molar-refractivity contribution in [2.45, 2.75) is 44.6 Å². The number of carbonyl (C=O) groups excluding carboxylic acids is 1. The van der Waals surface area contributed by atoms with Gasteiger partial charge < -0.3 is 10.1 Å². The molecule has 5 rings (SSSR count). The molecule has 2 aromatic heterocycles. The summed E-state index contributed by atoms with van der Waals surface area (Å²) in [5.41, 5.74) is 3.49. The van der Waals surface area contributed by atoms with Crippen LogP contribution < -0.4 is 10.1 Å². The number of fused-ring (bicyclic) bond motifs is 1. The van der Waals surface area contributed by atoms with E-state index in [0.29, 0.717) is 54.6 Å². The number of nitrogens with one attached hydrogen (secondary N) is 1. The molecule has 9 nitrogen and oxygen atoms in total. The molecule has 11 heteroatoms. The summed E-state index contributed by atoms with van der Waals surface area (Å²) >= 11 is 1.49. The fourth-order valence-electron chi connectivity index (χ4n) is 4.68. The molecule has 39 heavy (non-hydrogen) atoms. The number of nitrogens with zero attached hydrogens (tertiary/aromatic N) is 4. The molecule has 200 valence electrons.